The van der Waals surface area contributed by atoms with Gasteiger partial charge < -0.3 is 5.11 Å². The predicted octanol–water partition coefficient (Wildman–Crippen LogP) is 3.85. The Kier molecular flexibility index (Phi) is 3.28. The van der Waals surface area contributed by atoms with Gasteiger partial charge in [0.1, 0.15) is 0 Å². The zero-order valence-corrected chi connectivity index (χ0v) is 10.5. The quantitative estimate of drug-likeness (QED) is 0.866. The molecule has 1 atom stereocenters. The highest BCUT2D eigenvalue weighted by molar-refractivity contribution is 5.82. The molecular formula is C16H19NO. The molecule has 2 aromatic rings. The zero-order chi connectivity index (χ0) is 12.4. The van der Waals surface area contributed by atoms with Crippen LogP contribution in [0, 0.1) is 5.92 Å². The zero-order valence-electron chi connectivity index (χ0n) is 10.5. The van der Waals surface area contributed by atoms with Gasteiger partial charge in [0.15, 0.2) is 0 Å². The fraction of sp³-hybridized carbons (Fsp3) is 0.438. The van der Waals surface area contributed by atoms with Gasteiger partial charge in [0.25, 0.3) is 0 Å². The van der Waals surface area contributed by atoms with Crippen LogP contribution >= 0.6 is 0 Å². The van der Waals surface area contributed by atoms with Crippen molar-refractivity contribution in [2.45, 2.75) is 38.2 Å². The van der Waals surface area contributed by atoms with Crippen molar-refractivity contribution >= 4 is 10.9 Å². The molecule has 0 aliphatic heterocycles. The predicted molar refractivity (Wildman–Crippen MR) is 73.3 cm³/mol. The van der Waals surface area contributed by atoms with E-state index in [9.17, 15) is 5.11 Å². The van der Waals surface area contributed by atoms with Crippen molar-refractivity contribution in [3.63, 3.8) is 0 Å². The van der Waals surface area contributed by atoms with Crippen LogP contribution in [0.15, 0.2) is 36.5 Å². The van der Waals surface area contributed by atoms with Crippen molar-refractivity contribution in [1.29, 1.82) is 0 Å². The third kappa shape index (κ3) is 2.13. The van der Waals surface area contributed by atoms with Gasteiger partial charge in [-0.15, -0.1) is 0 Å². The Morgan fingerprint density at radius 3 is 2.67 bits per heavy atom. The molecule has 0 bridgehead atoms. The lowest BCUT2D eigenvalue weighted by Crippen LogP contribution is -2.16. The second-order valence-corrected chi connectivity index (χ2v) is 5.26. The first-order valence-electron chi connectivity index (χ1n) is 6.88. The molecule has 0 saturated heterocycles. The molecule has 2 heteroatoms. The van der Waals surface area contributed by atoms with Crippen molar-refractivity contribution in [3.05, 3.63) is 42.1 Å². The second-order valence-electron chi connectivity index (χ2n) is 5.26. The Morgan fingerprint density at radius 2 is 1.83 bits per heavy atom. The van der Waals surface area contributed by atoms with Crippen LogP contribution in [0.2, 0.25) is 0 Å². The van der Waals surface area contributed by atoms with E-state index >= 15 is 0 Å². The molecule has 1 aliphatic rings. The molecule has 0 spiro atoms. The van der Waals surface area contributed by atoms with E-state index in [-0.39, 0.29) is 6.10 Å². The Labute approximate surface area is 108 Å². The summed E-state index contributed by atoms with van der Waals surface area (Å²) < 4.78 is 0. The molecule has 1 fully saturated rings. The lowest BCUT2D eigenvalue weighted by Gasteiger charge is -2.27. The van der Waals surface area contributed by atoms with Gasteiger partial charge >= 0.3 is 0 Å². The van der Waals surface area contributed by atoms with E-state index in [4.69, 9.17) is 0 Å². The van der Waals surface area contributed by atoms with Gasteiger partial charge in [0, 0.05) is 11.6 Å². The van der Waals surface area contributed by atoms with E-state index in [1.807, 2.05) is 30.5 Å². The maximum Gasteiger partial charge on any atom is 0.0825 e. The van der Waals surface area contributed by atoms with Gasteiger partial charge in [0.05, 0.1) is 11.6 Å². The summed E-state index contributed by atoms with van der Waals surface area (Å²) in [4.78, 5) is 4.36. The van der Waals surface area contributed by atoms with Crippen molar-refractivity contribution in [1.82, 2.24) is 4.98 Å². The summed E-state index contributed by atoms with van der Waals surface area (Å²) in [5.41, 5.74) is 2.03. The SMILES string of the molecule is OC(c1ccnc2ccccc12)C1CCCCC1. The van der Waals surface area contributed by atoms with Crippen LogP contribution in [-0.4, -0.2) is 10.1 Å². The molecule has 94 valence electrons. The normalized spacial score (nSPS) is 18.9. The molecular weight excluding hydrogens is 222 g/mol. The van der Waals surface area contributed by atoms with Crippen LogP contribution in [-0.2, 0) is 0 Å². The van der Waals surface area contributed by atoms with Crippen molar-refractivity contribution in [2.24, 2.45) is 5.92 Å². The number of nitrogens with zero attached hydrogens (tertiary/aromatic N) is 1. The summed E-state index contributed by atoms with van der Waals surface area (Å²) in [7, 11) is 0. The highest BCUT2D eigenvalue weighted by atomic mass is 16.3. The van der Waals surface area contributed by atoms with E-state index in [1.54, 1.807) is 0 Å². The van der Waals surface area contributed by atoms with E-state index in [1.165, 1.54) is 19.3 Å². The molecule has 0 radical (unpaired) electrons. The largest absolute Gasteiger partial charge is 0.388 e. The average molecular weight is 241 g/mol. The fourth-order valence-electron chi connectivity index (χ4n) is 3.08. The monoisotopic (exact) mass is 241 g/mol. The summed E-state index contributed by atoms with van der Waals surface area (Å²) in [5, 5.41) is 11.7. The number of hydrogen-bond donors (Lipinski definition) is 1. The van der Waals surface area contributed by atoms with Crippen LogP contribution in [0.1, 0.15) is 43.8 Å². The molecule has 1 N–H and O–H groups in total. The molecule has 1 saturated carbocycles. The van der Waals surface area contributed by atoms with Crippen LogP contribution in [0.3, 0.4) is 0 Å². The number of aliphatic hydroxyl groups excluding tert-OH is 1. The van der Waals surface area contributed by atoms with Crippen LogP contribution in [0.25, 0.3) is 10.9 Å². The van der Waals surface area contributed by atoms with E-state index in [2.05, 4.69) is 11.1 Å². The Bertz CT molecular complexity index is 526. The molecule has 1 aromatic heterocycles. The van der Waals surface area contributed by atoms with Crippen molar-refractivity contribution < 1.29 is 5.11 Å². The summed E-state index contributed by atoms with van der Waals surface area (Å²) in [5.74, 6) is 0.421. The standard InChI is InChI=1S/C16H19NO/c18-16(12-6-2-1-3-7-12)14-10-11-17-15-9-5-4-8-13(14)15/h4-5,8-12,16,18H,1-3,6-7H2. The van der Waals surface area contributed by atoms with E-state index in [0.29, 0.717) is 5.92 Å². The van der Waals surface area contributed by atoms with Crippen LogP contribution in [0.5, 0.6) is 0 Å². The summed E-state index contributed by atoms with van der Waals surface area (Å²) >= 11 is 0. The first kappa shape index (κ1) is 11.7. The molecule has 1 aliphatic carbocycles. The number of aromatic nitrogens is 1. The topological polar surface area (TPSA) is 33.1 Å². The third-order valence-corrected chi connectivity index (χ3v) is 4.10. The number of para-hydroxylation sites is 1. The highest BCUT2D eigenvalue weighted by Gasteiger charge is 2.24. The fourth-order valence-corrected chi connectivity index (χ4v) is 3.08. The first-order valence-corrected chi connectivity index (χ1v) is 6.88. The summed E-state index contributed by atoms with van der Waals surface area (Å²) in [6, 6.07) is 10.0. The molecule has 0 amide bonds. The van der Waals surface area contributed by atoms with Crippen molar-refractivity contribution in [2.75, 3.05) is 0 Å². The van der Waals surface area contributed by atoms with Crippen LogP contribution in [0.4, 0.5) is 0 Å². The van der Waals surface area contributed by atoms with Crippen molar-refractivity contribution in [3.8, 4) is 0 Å². The number of fused-ring (bicyclic) bond motifs is 1. The lowest BCUT2D eigenvalue weighted by molar-refractivity contribution is 0.0860. The van der Waals surface area contributed by atoms with Gasteiger partial charge in [-0.05, 0) is 36.5 Å². The number of rotatable bonds is 2. The highest BCUT2D eigenvalue weighted by Crippen LogP contribution is 2.36. The van der Waals surface area contributed by atoms with Gasteiger partial charge in [-0.25, -0.2) is 0 Å². The third-order valence-electron chi connectivity index (χ3n) is 4.10. The molecule has 3 rings (SSSR count). The average Bonchev–Trinajstić information content (AvgIpc) is 2.47. The summed E-state index contributed by atoms with van der Waals surface area (Å²) in [6.07, 6.45) is 7.60. The Hall–Kier alpha value is -1.41. The molecule has 2 nitrogen and oxygen atoms in total. The number of pyridine rings is 1. The smallest absolute Gasteiger partial charge is 0.0825 e. The molecule has 1 unspecified atom stereocenters. The molecule has 1 aromatic carbocycles. The minimum atomic E-state index is -0.335. The maximum absolute atomic E-state index is 10.6. The second kappa shape index (κ2) is 5.07. The van der Waals surface area contributed by atoms with E-state index < -0.39 is 0 Å². The number of benzene rings is 1. The van der Waals surface area contributed by atoms with Gasteiger partial charge in [0.2, 0.25) is 0 Å². The Morgan fingerprint density at radius 1 is 1.06 bits per heavy atom. The lowest BCUT2D eigenvalue weighted by atomic mass is 9.82. The van der Waals surface area contributed by atoms with Gasteiger partial charge in [-0.3, -0.25) is 4.98 Å². The first-order chi connectivity index (χ1) is 8.86. The minimum Gasteiger partial charge on any atom is -0.388 e. The molecule has 18 heavy (non-hydrogen) atoms. The maximum atomic E-state index is 10.6. The van der Waals surface area contributed by atoms with Crippen LogP contribution < -0.4 is 0 Å². The number of aliphatic hydroxyl groups is 1. The Balaban J connectivity index is 1.97. The van der Waals surface area contributed by atoms with Gasteiger partial charge in [-0.2, -0.15) is 0 Å². The van der Waals surface area contributed by atoms with E-state index in [0.717, 1.165) is 29.3 Å². The minimum absolute atomic E-state index is 0.335. The summed E-state index contributed by atoms with van der Waals surface area (Å²) in [6.45, 7) is 0. The number of hydrogen-bond acceptors (Lipinski definition) is 2. The molecule has 1 heterocycles. The van der Waals surface area contributed by atoms with Gasteiger partial charge in [-0.1, -0.05) is 37.5 Å².